The molecule has 0 atom stereocenters. The molecule has 2 N–H and O–H groups in total. The molecule has 4 aromatic carbocycles. The van der Waals surface area contributed by atoms with Crippen LogP contribution >= 0.6 is 47.0 Å². The van der Waals surface area contributed by atoms with Crippen LogP contribution in [0.3, 0.4) is 0 Å². The van der Waals surface area contributed by atoms with Crippen molar-refractivity contribution in [3.63, 3.8) is 0 Å². The standard InChI is InChI=1S/C56H66N8S4/c1-5-9-13-17-29-65-37-21-25-41-45(33-37)53-57-49(41)62-54-47-35-39(67-31-19-15-11-7-3)23-27-43(47)51(59-54)64-56-48-36-40(68-32-20-16-12-8-4)24-28-44(48)52(60-56)63-55-46-34-38(66-30-18-14-10-6-2)22-26-42(46)50(58-55)61-53/h21-28,33-36H,5-20,29-32H2,1-4H3,(H2,57,58,59,60,61,62,63,64). The van der Waals surface area contributed by atoms with Gasteiger partial charge in [0.25, 0.3) is 0 Å². The molecule has 8 nitrogen and oxygen atoms in total. The van der Waals surface area contributed by atoms with E-state index in [4.69, 9.17) is 29.9 Å². The highest BCUT2D eigenvalue weighted by Crippen LogP contribution is 2.41. The summed E-state index contributed by atoms with van der Waals surface area (Å²) in [7, 11) is 0. The topological polar surface area (TPSA) is 109 Å². The Kier molecular flexibility index (Phi) is 17.2. The molecule has 8 bridgehead atoms. The number of unbranched alkanes of at least 4 members (excludes halogenated alkanes) is 12. The number of rotatable bonds is 24. The van der Waals surface area contributed by atoms with Gasteiger partial charge in [0, 0.05) is 63.4 Å². The molecule has 3 aromatic heterocycles. The van der Waals surface area contributed by atoms with E-state index in [0.717, 1.165) is 89.4 Å². The summed E-state index contributed by atoms with van der Waals surface area (Å²) in [5.74, 6) is 6.90. The summed E-state index contributed by atoms with van der Waals surface area (Å²) in [6.45, 7) is 9.07. The van der Waals surface area contributed by atoms with Crippen molar-refractivity contribution in [3.8, 4) is 45.6 Å². The molecule has 0 saturated carbocycles. The number of fused-ring (bicyclic) bond motifs is 20. The zero-order chi connectivity index (χ0) is 46.7. The van der Waals surface area contributed by atoms with Gasteiger partial charge in [0.15, 0.2) is 23.3 Å². The molecule has 5 heterocycles. The Bertz CT molecular complexity index is 2810. The molecule has 0 saturated heterocycles. The predicted octanol–water partition coefficient (Wildman–Crippen LogP) is 17.6. The number of aromatic amines is 2. The highest BCUT2D eigenvalue weighted by molar-refractivity contribution is 8.00. The lowest BCUT2D eigenvalue weighted by Crippen LogP contribution is -1.86. The van der Waals surface area contributed by atoms with Crippen molar-refractivity contribution in [2.24, 2.45) is 0 Å². The van der Waals surface area contributed by atoms with Crippen LogP contribution in [0.5, 0.6) is 0 Å². The van der Waals surface area contributed by atoms with Crippen molar-refractivity contribution in [2.75, 3.05) is 23.0 Å². The fraction of sp³-hybridized carbons (Fsp3) is 0.429. The first kappa shape index (κ1) is 48.7. The summed E-state index contributed by atoms with van der Waals surface area (Å²) in [6, 6.07) is 26.8. The molecule has 68 heavy (non-hydrogen) atoms. The number of thioether (sulfide) groups is 4. The second-order valence-electron chi connectivity index (χ2n) is 18.1. The van der Waals surface area contributed by atoms with Gasteiger partial charge >= 0.3 is 0 Å². The van der Waals surface area contributed by atoms with Gasteiger partial charge in [0.2, 0.25) is 0 Å². The summed E-state index contributed by atoms with van der Waals surface area (Å²) in [5.41, 5.74) is 6.84. The minimum absolute atomic E-state index is 0.639. The lowest BCUT2D eigenvalue weighted by Gasteiger charge is -2.05. The number of aromatic nitrogens is 8. The van der Waals surface area contributed by atoms with E-state index in [-0.39, 0.29) is 0 Å². The number of nitrogens with one attached hydrogen (secondary N) is 2. The van der Waals surface area contributed by atoms with Crippen molar-refractivity contribution in [1.29, 1.82) is 0 Å². The SMILES string of the molecule is CCCCCCSc1ccc2c(c1)-c1nc-2nc2[nH]c(nc3nc(nc4[nH]c(n1)c1ccc(SCCCCCC)cc41)-c1ccc(SCCCCCC)cc1-3)c1ccc(SCCCCCC)cc21. The van der Waals surface area contributed by atoms with Crippen LogP contribution in [-0.2, 0) is 0 Å². The van der Waals surface area contributed by atoms with E-state index in [1.54, 1.807) is 0 Å². The van der Waals surface area contributed by atoms with Crippen LogP contribution in [0.4, 0.5) is 0 Å². The average molecular weight is 979 g/mol. The van der Waals surface area contributed by atoms with E-state index in [0.29, 0.717) is 23.3 Å². The van der Waals surface area contributed by atoms with Crippen LogP contribution < -0.4 is 0 Å². The third kappa shape index (κ3) is 11.6. The highest BCUT2D eigenvalue weighted by atomic mass is 32.2. The van der Waals surface area contributed by atoms with Gasteiger partial charge in [-0.25, -0.2) is 29.9 Å². The fourth-order valence-electron chi connectivity index (χ4n) is 8.95. The predicted molar refractivity (Wildman–Crippen MR) is 296 cm³/mol. The zero-order valence-electron chi connectivity index (χ0n) is 40.4. The smallest absolute Gasteiger partial charge is 0.164 e. The quantitative estimate of drug-likeness (QED) is 0.0449. The molecule has 0 unspecified atom stereocenters. The number of hydrogen-bond donors (Lipinski definition) is 2. The van der Waals surface area contributed by atoms with Crippen LogP contribution in [-0.4, -0.2) is 62.9 Å². The Hall–Kier alpha value is -4.36. The lowest BCUT2D eigenvalue weighted by atomic mass is 10.1. The molecule has 2 aliphatic rings. The molecule has 0 radical (unpaired) electrons. The lowest BCUT2D eigenvalue weighted by molar-refractivity contribution is 0.706. The van der Waals surface area contributed by atoms with Gasteiger partial charge in [-0.05, 0) is 121 Å². The van der Waals surface area contributed by atoms with E-state index in [9.17, 15) is 0 Å². The van der Waals surface area contributed by atoms with Crippen molar-refractivity contribution in [2.45, 2.75) is 150 Å². The Morgan fingerprint density at radius 2 is 0.618 bits per heavy atom. The number of hydrogen-bond acceptors (Lipinski definition) is 10. The summed E-state index contributed by atoms with van der Waals surface area (Å²) >= 11 is 7.66. The van der Waals surface area contributed by atoms with Gasteiger partial charge in [0.05, 0.1) is 0 Å². The van der Waals surface area contributed by atoms with Crippen molar-refractivity contribution >= 4 is 91.2 Å². The fourth-order valence-corrected chi connectivity index (χ4v) is 12.7. The normalized spacial score (nSPS) is 12.1. The van der Waals surface area contributed by atoms with Crippen molar-refractivity contribution in [1.82, 2.24) is 39.9 Å². The number of nitrogens with zero attached hydrogens (tertiary/aromatic N) is 6. The van der Waals surface area contributed by atoms with Crippen LogP contribution in [0, 0.1) is 0 Å². The van der Waals surface area contributed by atoms with Crippen molar-refractivity contribution in [3.05, 3.63) is 72.8 Å². The van der Waals surface area contributed by atoms with E-state index >= 15 is 0 Å². The molecule has 12 heteroatoms. The molecule has 0 amide bonds. The Labute approximate surface area is 419 Å². The van der Waals surface area contributed by atoms with Crippen molar-refractivity contribution < 1.29 is 0 Å². The third-order valence-corrected chi connectivity index (χ3v) is 17.1. The van der Waals surface area contributed by atoms with E-state index in [1.165, 1.54) is 122 Å². The van der Waals surface area contributed by atoms with Gasteiger partial charge in [-0.2, -0.15) is 0 Å². The summed E-state index contributed by atoms with van der Waals surface area (Å²) in [4.78, 5) is 44.5. The summed E-state index contributed by atoms with van der Waals surface area (Å²) in [5, 5.41) is 4.04. The van der Waals surface area contributed by atoms with E-state index in [2.05, 4.69) is 110 Å². The van der Waals surface area contributed by atoms with Crippen LogP contribution in [0.15, 0.2) is 92.4 Å². The molecule has 0 spiro atoms. The van der Waals surface area contributed by atoms with E-state index in [1.807, 2.05) is 47.0 Å². The van der Waals surface area contributed by atoms with E-state index < -0.39 is 0 Å². The maximum absolute atomic E-state index is 5.41. The Morgan fingerprint density at radius 3 is 0.971 bits per heavy atom. The zero-order valence-corrected chi connectivity index (χ0v) is 43.7. The van der Waals surface area contributed by atoms with Gasteiger partial charge in [0.1, 0.15) is 22.6 Å². The maximum atomic E-state index is 5.41. The Balaban J connectivity index is 1.25. The number of benzene rings is 4. The summed E-state index contributed by atoms with van der Waals surface area (Å²) < 4.78 is 0. The van der Waals surface area contributed by atoms with Gasteiger partial charge in [-0.1, -0.05) is 105 Å². The van der Waals surface area contributed by atoms with Crippen LogP contribution in [0.2, 0.25) is 0 Å². The first-order valence-electron chi connectivity index (χ1n) is 25.4. The summed E-state index contributed by atoms with van der Waals surface area (Å²) in [6.07, 6.45) is 19.9. The third-order valence-electron chi connectivity index (χ3n) is 12.8. The van der Waals surface area contributed by atoms with Crippen LogP contribution in [0.25, 0.3) is 89.7 Å². The second kappa shape index (κ2) is 24.0. The average Bonchev–Trinajstić information content (AvgIpc) is 4.08. The molecule has 0 aliphatic carbocycles. The maximum Gasteiger partial charge on any atom is 0.164 e. The molecular weight excluding hydrogens is 913 g/mol. The number of H-pyrrole nitrogens is 2. The monoisotopic (exact) mass is 978 g/mol. The minimum atomic E-state index is 0.639. The Morgan fingerprint density at radius 1 is 0.309 bits per heavy atom. The second-order valence-corrected chi connectivity index (χ2v) is 22.7. The minimum Gasteiger partial charge on any atom is -0.324 e. The molecule has 0 fully saturated rings. The van der Waals surface area contributed by atoms with Gasteiger partial charge in [-0.15, -0.1) is 47.0 Å². The van der Waals surface area contributed by atoms with Gasteiger partial charge < -0.3 is 9.97 Å². The highest BCUT2D eigenvalue weighted by Gasteiger charge is 2.24. The first-order valence-corrected chi connectivity index (χ1v) is 29.4. The van der Waals surface area contributed by atoms with Gasteiger partial charge in [-0.3, -0.25) is 0 Å². The molecule has 7 aromatic rings. The van der Waals surface area contributed by atoms with Crippen LogP contribution in [0.1, 0.15) is 130 Å². The molecule has 2 aliphatic heterocycles. The molecule has 354 valence electrons. The largest absolute Gasteiger partial charge is 0.324 e. The first-order chi connectivity index (χ1) is 33.5. The molecule has 9 rings (SSSR count). The molecular formula is C56H66N8S4.